The van der Waals surface area contributed by atoms with Crippen molar-refractivity contribution >= 4 is 28.0 Å². The number of ether oxygens (including phenoxy) is 1. The van der Waals surface area contributed by atoms with Crippen LogP contribution in [-0.4, -0.2) is 32.2 Å². The topological polar surface area (TPSA) is 122 Å². The van der Waals surface area contributed by atoms with E-state index in [1.54, 1.807) is 10.8 Å². The average Bonchev–Trinajstić information content (AvgIpc) is 2.26. The van der Waals surface area contributed by atoms with Gasteiger partial charge in [0.2, 0.25) is 0 Å². The van der Waals surface area contributed by atoms with Crippen LogP contribution < -0.4 is 9.44 Å². The van der Waals surface area contributed by atoms with E-state index in [0.29, 0.717) is 5.56 Å². The number of carboxylic acids is 1. The molecule has 1 aromatic rings. The van der Waals surface area contributed by atoms with Crippen LogP contribution in [0.1, 0.15) is 12.5 Å². The van der Waals surface area contributed by atoms with Gasteiger partial charge in [-0.25, -0.2) is 9.52 Å². The first-order valence-corrected chi connectivity index (χ1v) is 7.08. The van der Waals surface area contributed by atoms with Crippen molar-refractivity contribution < 1.29 is 27.9 Å². The molecule has 0 aliphatic rings. The van der Waals surface area contributed by atoms with Gasteiger partial charge in [0.15, 0.2) is 0 Å². The van der Waals surface area contributed by atoms with E-state index in [0.717, 1.165) is 0 Å². The van der Waals surface area contributed by atoms with E-state index >= 15 is 0 Å². The molecule has 0 atom stereocenters. The van der Waals surface area contributed by atoms with Crippen LogP contribution in [0.2, 0.25) is 0 Å². The molecule has 0 bridgehead atoms. The zero-order valence-electron chi connectivity index (χ0n) is 10.6. The maximum Gasteiger partial charge on any atom is 0.422 e. The van der Waals surface area contributed by atoms with Gasteiger partial charge in [0, 0.05) is 0 Å². The van der Waals surface area contributed by atoms with Crippen LogP contribution in [0, 0.1) is 0 Å². The van der Waals surface area contributed by atoms with E-state index in [-0.39, 0.29) is 18.7 Å². The molecule has 1 rings (SSSR count). The van der Waals surface area contributed by atoms with Crippen LogP contribution in [0.5, 0.6) is 0 Å². The molecule has 8 nitrogen and oxygen atoms in total. The van der Waals surface area contributed by atoms with E-state index in [1.807, 2.05) is 0 Å². The lowest BCUT2D eigenvalue weighted by Gasteiger charge is -2.09. The Morgan fingerprint density at radius 2 is 2.05 bits per heavy atom. The Hall–Kier alpha value is -2.29. The van der Waals surface area contributed by atoms with Gasteiger partial charge in [-0.2, -0.15) is 8.42 Å². The lowest BCUT2D eigenvalue weighted by Crippen LogP contribution is -2.35. The van der Waals surface area contributed by atoms with Crippen molar-refractivity contribution in [2.24, 2.45) is 0 Å². The lowest BCUT2D eigenvalue weighted by atomic mass is 10.1. The summed E-state index contributed by atoms with van der Waals surface area (Å²) in [5.41, 5.74) is 0.564. The second kappa shape index (κ2) is 6.75. The number of aliphatic carboxylic acids is 1. The van der Waals surface area contributed by atoms with Gasteiger partial charge in [-0.1, -0.05) is 12.1 Å². The fourth-order valence-corrected chi connectivity index (χ4v) is 2.14. The fourth-order valence-electron chi connectivity index (χ4n) is 1.37. The summed E-state index contributed by atoms with van der Waals surface area (Å²) in [5, 5.41) is 8.66. The van der Waals surface area contributed by atoms with Gasteiger partial charge < -0.3 is 9.84 Å². The van der Waals surface area contributed by atoms with Gasteiger partial charge in [0.25, 0.3) is 0 Å². The van der Waals surface area contributed by atoms with Crippen molar-refractivity contribution in [3.8, 4) is 0 Å². The smallest absolute Gasteiger partial charge is 0.422 e. The van der Waals surface area contributed by atoms with Crippen molar-refractivity contribution in [3.05, 3.63) is 29.8 Å². The summed E-state index contributed by atoms with van der Waals surface area (Å²) in [7, 11) is -4.12. The minimum Gasteiger partial charge on any atom is -0.481 e. The summed E-state index contributed by atoms with van der Waals surface area (Å²) in [6.07, 6.45) is -1.33. The number of carbonyl (C=O) groups excluding carboxylic acids is 1. The molecule has 0 spiro atoms. The molecule has 1 amide bonds. The Bertz CT molecular complexity index is 599. The molecule has 0 saturated heterocycles. The zero-order valence-corrected chi connectivity index (χ0v) is 11.4. The molecular weight excluding hydrogens is 288 g/mol. The molecule has 0 saturated carbocycles. The standard InChI is InChI=1S/C11H14N2O6S/c1-2-19-11(16)13-20(17,18)12-9-5-3-4-8(6-9)7-10(14)15/h3-6,12H,2,7H2,1H3,(H,13,16)(H,14,15). The minimum absolute atomic E-state index is 0.0372. The maximum atomic E-state index is 11.6. The predicted octanol–water partition coefficient (Wildman–Crippen LogP) is 0.716. The normalized spacial score (nSPS) is 10.7. The highest BCUT2D eigenvalue weighted by atomic mass is 32.2. The molecule has 0 heterocycles. The number of amides is 1. The Morgan fingerprint density at radius 3 is 2.65 bits per heavy atom. The van der Waals surface area contributed by atoms with Gasteiger partial charge in [0.1, 0.15) is 0 Å². The van der Waals surface area contributed by atoms with Gasteiger partial charge >= 0.3 is 22.3 Å². The highest BCUT2D eigenvalue weighted by Crippen LogP contribution is 2.12. The van der Waals surface area contributed by atoms with Gasteiger partial charge in [-0.05, 0) is 24.6 Å². The van der Waals surface area contributed by atoms with Crippen LogP contribution in [0.4, 0.5) is 10.5 Å². The molecule has 0 unspecified atom stereocenters. The Balaban J connectivity index is 2.76. The number of carboxylic acid groups (broad SMARTS) is 1. The summed E-state index contributed by atoms with van der Waals surface area (Å²) in [6.45, 7) is 1.57. The second-order valence-electron chi connectivity index (χ2n) is 3.70. The Morgan fingerprint density at radius 1 is 1.35 bits per heavy atom. The molecule has 1 aromatic carbocycles. The zero-order chi connectivity index (χ0) is 15.2. The van der Waals surface area contributed by atoms with E-state index in [2.05, 4.69) is 9.46 Å². The van der Waals surface area contributed by atoms with Gasteiger partial charge in [-0.3, -0.25) is 9.52 Å². The summed E-state index contributed by atoms with van der Waals surface area (Å²) in [5.74, 6) is -1.03. The molecule has 3 N–H and O–H groups in total. The third-order valence-electron chi connectivity index (χ3n) is 2.03. The first-order chi connectivity index (χ1) is 9.32. The molecular formula is C11H14N2O6S. The van der Waals surface area contributed by atoms with E-state index in [1.165, 1.54) is 25.1 Å². The van der Waals surface area contributed by atoms with Crippen LogP contribution in [-0.2, 0) is 26.2 Å². The Labute approximate surface area is 115 Å². The molecule has 0 aromatic heterocycles. The number of nitrogens with one attached hydrogen (secondary N) is 2. The van der Waals surface area contributed by atoms with Crippen molar-refractivity contribution in [2.45, 2.75) is 13.3 Å². The van der Waals surface area contributed by atoms with Crippen molar-refractivity contribution in [1.29, 1.82) is 0 Å². The summed E-state index contributed by atoms with van der Waals surface area (Å²) in [6, 6.07) is 5.83. The third-order valence-corrected chi connectivity index (χ3v) is 2.97. The maximum absolute atomic E-state index is 11.6. The lowest BCUT2D eigenvalue weighted by molar-refractivity contribution is -0.136. The van der Waals surface area contributed by atoms with Crippen molar-refractivity contribution in [2.75, 3.05) is 11.3 Å². The van der Waals surface area contributed by atoms with E-state index < -0.39 is 22.3 Å². The van der Waals surface area contributed by atoms with Crippen molar-refractivity contribution in [1.82, 2.24) is 4.72 Å². The summed E-state index contributed by atoms with van der Waals surface area (Å²) < 4.78 is 31.3. The molecule has 0 aliphatic heterocycles. The second-order valence-corrected chi connectivity index (χ2v) is 5.11. The quantitative estimate of drug-likeness (QED) is 0.711. The first kappa shape index (κ1) is 15.8. The predicted molar refractivity (Wildman–Crippen MR) is 70.5 cm³/mol. The fraction of sp³-hybridized carbons (Fsp3) is 0.273. The largest absolute Gasteiger partial charge is 0.481 e. The molecule has 110 valence electrons. The van der Waals surface area contributed by atoms with E-state index in [9.17, 15) is 18.0 Å². The van der Waals surface area contributed by atoms with Gasteiger partial charge in [0.05, 0.1) is 18.7 Å². The summed E-state index contributed by atoms with van der Waals surface area (Å²) >= 11 is 0. The number of carbonyl (C=O) groups is 2. The van der Waals surface area contributed by atoms with Crippen LogP contribution >= 0.6 is 0 Å². The van der Waals surface area contributed by atoms with Crippen LogP contribution in [0.3, 0.4) is 0 Å². The minimum atomic E-state index is -4.12. The molecule has 0 radical (unpaired) electrons. The Kier molecular flexibility index (Phi) is 5.32. The van der Waals surface area contributed by atoms with E-state index in [4.69, 9.17) is 5.11 Å². The monoisotopic (exact) mass is 302 g/mol. The van der Waals surface area contributed by atoms with Crippen LogP contribution in [0.25, 0.3) is 0 Å². The first-order valence-electron chi connectivity index (χ1n) is 5.60. The molecule has 20 heavy (non-hydrogen) atoms. The summed E-state index contributed by atoms with van der Waals surface area (Å²) in [4.78, 5) is 21.6. The average molecular weight is 302 g/mol. The van der Waals surface area contributed by atoms with Crippen LogP contribution in [0.15, 0.2) is 24.3 Å². The molecule has 0 aliphatic carbocycles. The number of anilines is 1. The number of rotatable bonds is 6. The van der Waals surface area contributed by atoms with Crippen molar-refractivity contribution in [3.63, 3.8) is 0 Å². The number of hydrogen-bond donors (Lipinski definition) is 3. The highest BCUT2D eigenvalue weighted by Gasteiger charge is 2.15. The molecule has 9 heteroatoms. The molecule has 0 fully saturated rings. The SMILES string of the molecule is CCOC(=O)NS(=O)(=O)Nc1cccc(CC(=O)O)c1. The van der Waals surface area contributed by atoms with Gasteiger partial charge in [-0.15, -0.1) is 0 Å². The highest BCUT2D eigenvalue weighted by molar-refractivity contribution is 7.91. The number of benzene rings is 1. The number of hydrogen-bond acceptors (Lipinski definition) is 5. The third kappa shape index (κ3) is 5.57.